The summed E-state index contributed by atoms with van der Waals surface area (Å²) in [6.45, 7) is 0. The van der Waals surface area contributed by atoms with Crippen LogP contribution in [0.3, 0.4) is 0 Å². The van der Waals surface area contributed by atoms with E-state index in [0.717, 1.165) is 5.69 Å². The van der Waals surface area contributed by atoms with E-state index < -0.39 is 0 Å². The van der Waals surface area contributed by atoms with Crippen molar-refractivity contribution in [3.8, 4) is 5.69 Å². The Balaban J connectivity index is 2.47. The molecule has 0 radical (unpaired) electrons. The number of pyridine rings is 1. The van der Waals surface area contributed by atoms with Gasteiger partial charge >= 0.3 is 0 Å². The first-order chi connectivity index (χ1) is 6.25. The van der Waals surface area contributed by atoms with Crippen LogP contribution >= 0.6 is 11.6 Å². The van der Waals surface area contributed by atoms with Gasteiger partial charge in [-0.05, 0) is 12.1 Å². The number of rotatable bonds is 1. The molecule has 66 valence electrons. The van der Waals surface area contributed by atoms with Crippen molar-refractivity contribution >= 4 is 11.6 Å². The smallest absolute Gasteiger partial charge is 0.264 e. The Morgan fingerprint density at radius 2 is 2.23 bits per heavy atom. The minimum absolute atomic E-state index is 0.144. The third-order valence-corrected chi connectivity index (χ3v) is 1.82. The Labute approximate surface area is 78.8 Å². The average molecular weight is 196 g/mol. The van der Waals surface area contributed by atoms with E-state index in [1.807, 2.05) is 0 Å². The summed E-state index contributed by atoms with van der Waals surface area (Å²) in [4.78, 5) is 14.7. The molecular formula is C8H6ClN3O. The van der Waals surface area contributed by atoms with E-state index >= 15 is 0 Å². The molecule has 5 heteroatoms. The van der Waals surface area contributed by atoms with Crippen molar-refractivity contribution in [3.05, 3.63) is 46.1 Å². The molecule has 0 unspecified atom stereocenters. The van der Waals surface area contributed by atoms with E-state index in [9.17, 15) is 4.79 Å². The lowest BCUT2D eigenvalue weighted by atomic mass is 10.4. The molecule has 0 atom stereocenters. The second kappa shape index (κ2) is 3.06. The van der Waals surface area contributed by atoms with Gasteiger partial charge in [0.05, 0.1) is 11.9 Å². The fourth-order valence-electron chi connectivity index (χ4n) is 0.997. The molecule has 2 aromatic heterocycles. The number of hydrogen-bond donors (Lipinski definition) is 1. The molecule has 2 aromatic rings. The van der Waals surface area contributed by atoms with Crippen LogP contribution in [0.15, 0.2) is 35.4 Å². The minimum atomic E-state index is -0.144. The molecule has 0 amide bonds. The number of nitrogens with zero attached hydrogens (tertiary/aromatic N) is 2. The van der Waals surface area contributed by atoms with Gasteiger partial charge in [0.25, 0.3) is 5.56 Å². The Hall–Kier alpha value is -1.55. The largest absolute Gasteiger partial charge is 0.268 e. The quantitative estimate of drug-likeness (QED) is 0.696. The maximum atomic E-state index is 10.8. The van der Waals surface area contributed by atoms with Crippen LogP contribution in [0, 0.1) is 0 Å². The van der Waals surface area contributed by atoms with Crippen LogP contribution in [0.1, 0.15) is 0 Å². The maximum Gasteiger partial charge on any atom is 0.264 e. The van der Waals surface area contributed by atoms with E-state index in [-0.39, 0.29) is 5.56 Å². The summed E-state index contributed by atoms with van der Waals surface area (Å²) in [6.07, 6.45) is 3.21. The topological polar surface area (TPSA) is 50.7 Å². The standard InChI is InChI=1S/C8H6ClN3O/c9-7-2-1-6(5-10-7)12-4-3-8(13)11-12/h1-5H,(H,11,13). The number of nitrogens with one attached hydrogen (secondary N) is 1. The van der Waals surface area contributed by atoms with Gasteiger partial charge in [0.1, 0.15) is 5.15 Å². The average Bonchev–Trinajstić information content (AvgIpc) is 2.53. The van der Waals surface area contributed by atoms with Gasteiger partial charge in [0, 0.05) is 12.3 Å². The second-order valence-electron chi connectivity index (χ2n) is 2.50. The van der Waals surface area contributed by atoms with E-state index in [0.29, 0.717) is 5.15 Å². The lowest BCUT2D eigenvalue weighted by Gasteiger charge is -1.99. The summed E-state index contributed by atoms with van der Waals surface area (Å²) < 4.78 is 1.58. The van der Waals surface area contributed by atoms with Gasteiger partial charge in [-0.15, -0.1) is 0 Å². The Morgan fingerprint density at radius 3 is 2.77 bits per heavy atom. The summed E-state index contributed by atoms with van der Waals surface area (Å²) in [5, 5.41) is 3.02. The molecule has 13 heavy (non-hydrogen) atoms. The molecule has 0 spiro atoms. The molecule has 0 saturated heterocycles. The van der Waals surface area contributed by atoms with Crippen molar-refractivity contribution in [1.29, 1.82) is 0 Å². The zero-order chi connectivity index (χ0) is 9.26. The molecule has 1 N–H and O–H groups in total. The van der Waals surface area contributed by atoms with Gasteiger partial charge in [-0.25, -0.2) is 4.98 Å². The van der Waals surface area contributed by atoms with Gasteiger partial charge in [-0.2, -0.15) is 0 Å². The van der Waals surface area contributed by atoms with Crippen molar-refractivity contribution in [2.24, 2.45) is 0 Å². The molecule has 0 aromatic carbocycles. The van der Waals surface area contributed by atoms with Crippen LogP contribution in [0.25, 0.3) is 5.69 Å². The highest BCUT2D eigenvalue weighted by atomic mass is 35.5. The highest BCUT2D eigenvalue weighted by Gasteiger charge is 1.96. The number of hydrogen-bond acceptors (Lipinski definition) is 2. The van der Waals surface area contributed by atoms with Crippen LogP contribution in [0.2, 0.25) is 5.15 Å². The van der Waals surface area contributed by atoms with Crippen LogP contribution in [-0.2, 0) is 0 Å². The van der Waals surface area contributed by atoms with E-state index in [1.54, 1.807) is 29.2 Å². The SMILES string of the molecule is O=c1ccn(-c2ccc(Cl)nc2)[nH]1. The molecule has 4 nitrogen and oxygen atoms in total. The van der Waals surface area contributed by atoms with Gasteiger partial charge in [0.15, 0.2) is 0 Å². The fourth-order valence-corrected chi connectivity index (χ4v) is 1.11. The number of aromatic nitrogens is 3. The first-order valence-corrected chi connectivity index (χ1v) is 4.03. The summed E-state index contributed by atoms with van der Waals surface area (Å²) in [6, 6.07) is 4.87. The summed E-state index contributed by atoms with van der Waals surface area (Å²) in [5.74, 6) is 0. The zero-order valence-electron chi connectivity index (χ0n) is 6.57. The third-order valence-electron chi connectivity index (χ3n) is 1.60. The molecular weight excluding hydrogens is 190 g/mol. The fraction of sp³-hybridized carbons (Fsp3) is 0. The second-order valence-corrected chi connectivity index (χ2v) is 2.89. The number of aromatic amines is 1. The van der Waals surface area contributed by atoms with Crippen molar-refractivity contribution in [2.75, 3.05) is 0 Å². The van der Waals surface area contributed by atoms with Gasteiger partial charge in [-0.3, -0.25) is 14.6 Å². The molecule has 0 aliphatic heterocycles. The number of H-pyrrole nitrogens is 1. The highest BCUT2D eigenvalue weighted by Crippen LogP contribution is 2.07. The van der Waals surface area contributed by atoms with E-state index in [1.165, 1.54) is 6.07 Å². The molecule has 0 saturated carbocycles. The predicted molar refractivity (Wildman–Crippen MR) is 49.2 cm³/mol. The van der Waals surface area contributed by atoms with Gasteiger partial charge in [-0.1, -0.05) is 11.6 Å². The molecule has 0 bridgehead atoms. The van der Waals surface area contributed by atoms with E-state index in [2.05, 4.69) is 10.1 Å². The highest BCUT2D eigenvalue weighted by molar-refractivity contribution is 6.29. The maximum absolute atomic E-state index is 10.8. The van der Waals surface area contributed by atoms with Crippen LogP contribution in [0.5, 0.6) is 0 Å². The molecule has 2 heterocycles. The summed E-state index contributed by atoms with van der Waals surface area (Å²) >= 11 is 5.61. The lowest BCUT2D eigenvalue weighted by Crippen LogP contribution is -2.03. The summed E-state index contributed by atoms with van der Waals surface area (Å²) in [7, 11) is 0. The van der Waals surface area contributed by atoms with Crippen LogP contribution in [0.4, 0.5) is 0 Å². The summed E-state index contributed by atoms with van der Waals surface area (Å²) in [5.41, 5.74) is 0.626. The van der Waals surface area contributed by atoms with Gasteiger partial charge < -0.3 is 0 Å². The monoisotopic (exact) mass is 195 g/mol. The molecule has 2 rings (SSSR count). The Morgan fingerprint density at radius 1 is 1.38 bits per heavy atom. The Bertz CT molecular complexity index is 457. The predicted octanol–water partition coefficient (Wildman–Crippen LogP) is 1.21. The first kappa shape index (κ1) is 8.07. The van der Waals surface area contributed by atoms with E-state index in [4.69, 9.17) is 11.6 Å². The molecule has 0 aliphatic rings. The lowest BCUT2D eigenvalue weighted by molar-refractivity contribution is 0.858. The first-order valence-electron chi connectivity index (χ1n) is 3.65. The van der Waals surface area contributed by atoms with Crippen LogP contribution < -0.4 is 5.56 Å². The zero-order valence-corrected chi connectivity index (χ0v) is 7.32. The van der Waals surface area contributed by atoms with Crippen LogP contribution in [-0.4, -0.2) is 14.8 Å². The van der Waals surface area contributed by atoms with Crippen molar-refractivity contribution in [2.45, 2.75) is 0 Å². The minimum Gasteiger partial charge on any atom is -0.268 e. The van der Waals surface area contributed by atoms with Crippen molar-refractivity contribution < 1.29 is 0 Å². The number of halogens is 1. The van der Waals surface area contributed by atoms with Crippen molar-refractivity contribution in [3.63, 3.8) is 0 Å². The van der Waals surface area contributed by atoms with Crippen molar-refractivity contribution in [1.82, 2.24) is 14.8 Å². The molecule has 0 fully saturated rings. The Kier molecular flexibility index (Phi) is 1.90. The van der Waals surface area contributed by atoms with Gasteiger partial charge in [0.2, 0.25) is 0 Å². The third kappa shape index (κ3) is 1.62. The molecule has 0 aliphatic carbocycles. The normalized spacial score (nSPS) is 10.2.